The Hall–Kier alpha value is -3.67. The van der Waals surface area contributed by atoms with Gasteiger partial charge in [0.05, 0.1) is 36.7 Å². The Morgan fingerprint density at radius 2 is 1.53 bits per heavy atom. The van der Waals surface area contributed by atoms with E-state index in [-0.39, 0.29) is 48.8 Å². The number of hydrogen-bond donors (Lipinski definition) is 11. The van der Waals surface area contributed by atoms with Gasteiger partial charge in [-0.1, -0.05) is 72.7 Å². The molecule has 57 heavy (non-hydrogen) atoms. The summed E-state index contributed by atoms with van der Waals surface area (Å²) >= 11 is 0. The molecule has 1 aromatic heterocycles. The maximum absolute atomic E-state index is 13.3. The second-order valence-electron chi connectivity index (χ2n) is 14.1. The number of benzene rings is 1. The number of carbonyl (C=O) groups is 5. The van der Waals surface area contributed by atoms with Crippen LogP contribution >= 0.6 is 21.6 Å². The molecule has 21 heteroatoms. The van der Waals surface area contributed by atoms with Crippen molar-refractivity contribution in [3.05, 3.63) is 59.7 Å². The lowest BCUT2D eigenvalue weighted by Crippen LogP contribution is -2.49. The van der Waals surface area contributed by atoms with Gasteiger partial charge >= 0.3 is 13.1 Å². The van der Waals surface area contributed by atoms with Gasteiger partial charge in [-0.15, -0.1) is 0 Å². The first-order valence-corrected chi connectivity index (χ1v) is 20.8. The topological polar surface area (TPSA) is 309 Å². The second-order valence-corrected chi connectivity index (χ2v) is 16.6. The quantitative estimate of drug-likeness (QED) is 0.0220. The SMILES string of the molecule is CC(C)C[C@H](NC(=O)[C@@H](CC(=O)c1cnc(CSSC[C@H](NC(=O)[C@@H](C)CCC(=O)NC[C@H](O)[C@@H](O)[C@H](O)[C@H](O)CO)C(=O)O)cn1)Cc1ccccc1)B(O)O. The highest BCUT2D eigenvalue weighted by molar-refractivity contribution is 8.76. The maximum Gasteiger partial charge on any atom is 0.475 e. The largest absolute Gasteiger partial charge is 0.480 e. The van der Waals surface area contributed by atoms with Gasteiger partial charge in [-0.05, 0) is 30.7 Å². The molecule has 3 amide bonds. The fourth-order valence-electron chi connectivity index (χ4n) is 5.30. The molecule has 0 saturated heterocycles. The molecular weight excluding hydrogens is 785 g/mol. The molecule has 0 fully saturated rings. The van der Waals surface area contributed by atoms with E-state index in [4.69, 9.17) is 5.11 Å². The number of rotatable bonds is 27. The van der Waals surface area contributed by atoms with Crippen molar-refractivity contribution in [2.45, 2.75) is 95.0 Å². The Balaban J connectivity index is 1.86. The number of nitrogens with zero attached hydrogens (tertiary/aromatic N) is 2. The number of hydrogen-bond acceptors (Lipinski definition) is 16. The number of carboxylic acid groups (broad SMARTS) is 1. The third-order valence-corrected chi connectivity index (χ3v) is 11.1. The van der Waals surface area contributed by atoms with Crippen molar-refractivity contribution >= 4 is 58.2 Å². The van der Waals surface area contributed by atoms with Gasteiger partial charge in [0.2, 0.25) is 17.7 Å². The number of aliphatic hydroxyl groups excluding tert-OH is 5. The fourth-order valence-corrected chi connectivity index (χ4v) is 7.42. The molecule has 0 aliphatic heterocycles. The molecule has 8 atom stereocenters. The number of nitrogens with one attached hydrogen (secondary N) is 3. The Morgan fingerprint density at radius 1 is 0.860 bits per heavy atom. The average Bonchev–Trinajstić information content (AvgIpc) is 3.18. The maximum atomic E-state index is 13.3. The normalized spacial score (nSPS) is 15.6. The van der Waals surface area contributed by atoms with Crippen LogP contribution in [-0.4, -0.2) is 143 Å². The molecule has 0 bridgehead atoms. The zero-order valence-electron chi connectivity index (χ0n) is 32.0. The molecule has 1 aromatic carbocycles. The van der Waals surface area contributed by atoms with Crippen LogP contribution < -0.4 is 16.0 Å². The van der Waals surface area contributed by atoms with Crippen LogP contribution in [0.15, 0.2) is 42.7 Å². The number of ketones is 1. The number of aliphatic carboxylic acids is 1. The van der Waals surface area contributed by atoms with Gasteiger partial charge in [-0.25, -0.2) is 9.78 Å². The number of amides is 3. The van der Waals surface area contributed by atoms with Crippen molar-refractivity contribution in [2.24, 2.45) is 17.8 Å². The molecule has 1 heterocycles. The summed E-state index contributed by atoms with van der Waals surface area (Å²) in [5, 5.41) is 84.4. The minimum absolute atomic E-state index is 0.0177. The van der Waals surface area contributed by atoms with Gasteiger partial charge in [0, 0.05) is 42.7 Å². The number of carboxylic acids is 1. The van der Waals surface area contributed by atoms with Crippen molar-refractivity contribution in [3.63, 3.8) is 0 Å². The Kier molecular flexibility index (Phi) is 22.3. The van der Waals surface area contributed by atoms with Crippen LogP contribution in [0.2, 0.25) is 0 Å². The van der Waals surface area contributed by atoms with Gasteiger partial charge in [-0.3, -0.25) is 24.2 Å². The third kappa shape index (κ3) is 18.2. The summed E-state index contributed by atoms with van der Waals surface area (Å²) in [5.41, 5.74) is 1.34. The van der Waals surface area contributed by atoms with E-state index in [0.29, 0.717) is 12.1 Å². The molecule has 2 rings (SSSR count). The predicted molar refractivity (Wildman–Crippen MR) is 212 cm³/mol. The first kappa shape index (κ1) is 49.5. The lowest BCUT2D eigenvalue weighted by molar-refractivity contribution is -0.141. The fraction of sp³-hybridized carbons (Fsp3) is 0.583. The summed E-state index contributed by atoms with van der Waals surface area (Å²) in [6, 6.07) is 7.86. The molecule has 18 nitrogen and oxygen atoms in total. The zero-order chi connectivity index (χ0) is 42.7. The van der Waals surface area contributed by atoms with Crippen molar-refractivity contribution < 1.29 is 64.7 Å². The van der Waals surface area contributed by atoms with Crippen LogP contribution in [0.3, 0.4) is 0 Å². The first-order valence-electron chi connectivity index (χ1n) is 18.3. The van der Waals surface area contributed by atoms with E-state index in [1.165, 1.54) is 30.1 Å². The van der Waals surface area contributed by atoms with E-state index in [9.17, 15) is 59.6 Å². The highest BCUT2D eigenvalue weighted by atomic mass is 33.1. The van der Waals surface area contributed by atoms with Gasteiger partial charge < -0.3 is 56.6 Å². The van der Waals surface area contributed by atoms with E-state index >= 15 is 0 Å². The number of Topliss-reactive ketones (excluding diaryl/α,β-unsaturated/α-hetero) is 1. The van der Waals surface area contributed by atoms with E-state index < -0.39 is 98.0 Å². The zero-order valence-corrected chi connectivity index (χ0v) is 33.6. The smallest absolute Gasteiger partial charge is 0.475 e. The van der Waals surface area contributed by atoms with Crippen molar-refractivity contribution in [2.75, 3.05) is 18.9 Å². The molecule has 316 valence electrons. The second kappa shape index (κ2) is 25.6. The van der Waals surface area contributed by atoms with Crippen LogP contribution in [0.1, 0.15) is 68.2 Å². The summed E-state index contributed by atoms with van der Waals surface area (Å²) < 4.78 is 0. The summed E-state index contributed by atoms with van der Waals surface area (Å²) in [6.07, 6.45) is -4.14. The molecule has 2 aromatic rings. The summed E-state index contributed by atoms with van der Waals surface area (Å²) in [7, 11) is 0.630. The molecule has 0 radical (unpaired) electrons. The van der Waals surface area contributed by atoms with Crippen LogP contribution in [0.25, 0.3) is 0 Å². The molecule has 0 saturated carbocycles. The van der Waals surface area contributed by atoms with Crippen molar-refractivity contribution in [3.8, 4) is 0 Å². The van der Waals surface area contributed by atoms with Crippen LogP contribution in [-0.2, 0) is 31.4 Å². The van der Waals surface area contributed by atoms with E-state index in [1.807, 2.05) is 44.2 Å². The van der Waals surface area contributed by atoms with Gasteiger partial charge in [0.15, 0.2) is 5.78 Å². The number of aromatic nitrogens is 2. The monoisotopic (exact) mass is 839 g/mol. The van der Waals surface area contributed by atoms with Crippen molar-refractivity contribution in [1.29, 1.82) is 0 Å². The summed E-state index contributed by atoms with van der Waals surface area (Å²) in [5.74, 6) is -5.55. The lowest BCUT2D eigenvalue weighted by atomic mass is 9.74. The molecule has 0 aliphatic carbocycles. The Labute approximate surface area is 339 Å². The van der Waals surface area contributed by atoms with Gasteiger partial charge in [-0.2, -0.15) is 0 Å². The lowest BCUT2D eigenvalue weighted by Gasteiger charge is -2.25. The van der Waals surface area contributed by atoms with Crippen LogP contribution in [0.4, 0.5) is 0 Å². The number of aliphatic hydroxyl groups is 5. The molecule has 0 aliphatic rings. The average molecular weight is 840 g/mol. The van der Waals surface area contributed by atoms with E-state index in [2.05, 4.69) is 25.9 Å². The Bertz CT molecular complexity index is 1560. The molecule has 0 spiro atoms. The number of carbonyl (C=O) groups excluding carboxylic acids is 4. The van der Waals surface area contributed by atoms with Gasteiger partial charge in [0.25, 0.3) is 0 Å². The first-order chi connectivity index (χ1) is 26.9. The third-order valence-electron chi connectivity index (χ3n) is 8.76. The molecular formula is C36H54BN5O13S2. The van der Waals surface area contributed by atoms with E-state index in [1.54, 1.807) is 0 Å². The minimum atomic E-state index is -1.85. The highest BCUT2D eigenvalue weighted by Crippen LogP contribution is 2.26. The van der Waals surface area contributed by atoms with Crippen molar-refractivity contribution in [1.82, 2.24) is 25.9 Å². The standard InChI is InChI=1S/C36H54BN5O13S2/c1-20(2)11-30(37(54)55)42-35(51)23(12-22-7-5-4-6-8-22)13-27(44)25-15-38-24(14-39-25)18-56-57-19-26(36(52)53)41-34(50)21(3)9-10-31(47)40-16-28(45)32(48)33(49)29(46)17-43/h4-8,14-15,20-21,23,26,28-30,32-33,43,45-46,48-49,54-55H,9-13,16-19H2,1-3H3,(H,40,47)(H,41,50)(H,42,51)(H,52,53)/t21-,23+,26-,28-,29+,30-,32+,33+/m0/s1. The Morgan fingerprint density at radius 3 is 2.11 bits per heavy atom. The highest BCUT2D eigenvalue weighted by Gasteiger charge is 2.32. The van der Waals surface area contributed by atoms with E-state index in [0.717, 1.165) is 16.4 Å². The summed E-state index contributed by atoms with van der Waals surface area (Å²) in [4.78, 5) is 71.8. The van der Waals surface area contributed by atoms with Gasteiger partial charge in [0.1, 0.15) is 30.0 Å². The van der Waals surface area contributed by atoms with Crippen LogP contribution in [0, 0.1) is 17.8 Å². The minimum Gasteiger partial charge on any atom is -0.480 e. The molecule has 11 N–H and O–H groups in total. The van der Waals surface area contributed by atoms with Crippen LogP contribution in [0.5, 0.6) is 0 Å². The molecule has 0 unspecified atom stereocenters. The predicted octanol–water partition coefficient (Wildman–Crippen LogP) is -1.13. The summed E-state index contributed by atoms with van der Waals surface area (Å²) in [6.45, 7) is 3.95.